The van der Waals surface area contributed by atoms with Crippen molar-refractivity contribution in [3.05, 3.63) is 59.4 Å². The number of sulfonamides is 1. The number of carbonyl (C=O) groups is 2. The van der Waals surface area contributed by atoms with Gasteiger partial charge in [-0.05, 0) is 55.4 Å². The third kappa shape index (κ3) is 6.02. The molecule has 1 aliphatic heterocycles. The summed E-state index contributed by atoms with van der Waals surface area (Å²) >= 11 is 0.629. The van der Waals surface area contributed by atoms with Gasteiger partial charge in [0, 0.05) is 18.5 Å². The molecule has 0 spiro atoms. The number of aliphatic hydroxyl groups excluding tert-OH is 1. The number of amides is 1. The zero-order valence-corrected chi connectivity index (χ0v) is 23.5. The lowest BCUT2D eigenvalue weighted by Gasteiger charge is -2.19. The molecule has 0 radical (unpaired) electrons. The molecule has 3 N–H and O–H groups in total. The summed E-state index contributed by atoms with van der Waals surface area (Å²) in [6, 6.07) is 10.1. The van der Waals surface area contributed by atoms with E-state index in [1.54, 1.807) is 24.3 Å². The number of aromatic nitrogens is 1. The van der Waals surface area contributed by atoms with E-state index in [9.17, 15) is 41.4 Å². The average Bonchev–Trinajstić information content (AvgIpc) is 3.38. The van der Waals surface area contributed by atoms with Crippen LogP contribution in [0.2, 0.25) is 0 Å². The Bertz CT molecular complexity index is 1590. The van der Waals surface area contributed by atoms with Crippen molar-refractivity contribution in [2.75, 3.05) is 13.2 Å². The number of halogens is 3. The Morgan fingerprint density at radius 3 is 2.67 bits per heavy atom. The van der Waals surface area contributed by atoms with Crippen LogP contribution in [0.1, 0.15) is 48.5 Å². The number of benzene rings is 1. The van der Waals surface area contributed by atoms with Crippen molar-refractivity contribution in [2.45, 2.75) is 60.2 Å². The van der Waals surface area contributed by atoms with Crippen LogP contribution in [0.3, 0.4) is 0 Å². The van der Waals surface area contributed by atoms with Gasteiger partial charge < -0.3 is 19.5 Å². The molecular formula is C26H26F3N3O8S2. The van der Waals surface area contributed by atoms with Crippen LogP contribution in [0.15, 0.2) is 51.2 Å². The Morgan fingerprint density at radius 1 is 1.24 bits per heavy atom. The van der Waals surface area contributed by atoms with E-state index in [1.807, 2.05) is 0 Å². The Labute approximate surface area is 241 Å². The number of rotatable bonds is 10. The zero-order chi connectivity index (χ0) is 30.3. The normalized spacial score (nSPS) is 22.3. The summed E-state index contributed by atoms with van der Waals surface area (Å²) in [6.07, 6.45) is -4.20. The fourth-order valence-corrected chi connectivity index (χ4v) is 7.68. The molecule has 16 heteroatoms. The lowest BCUT2D eigenvalue weighted by molar-refractivity contribution is -0.155. The summed E-state index contributed by atoms with van der Waals surface area (Å²) in [6.45, 7) is 0.498. The van der Waals surface area contributed by atoms with E-state index in [4.69, 9.17) is 4.74 Å². The molecule has 1 saturated carbocycles. The van der Waals surface area contributed by atoms with Crippen molar-refractivity contribution in [3.8, 4) is 10.6 Å². The topological polar surface area (TPSA) is 159 Å². The van der Waals surface area contributed by atoms with Crippen molar-refractivity contribution >= 4 is 33.4 Å². The highest BCUT2D eigenvalue weighted by molar-refractivity contribution is 7.91. The highest BCUT2D eigenvalue weighted by Gasteiger charge is 2.63. The van der Waals surface area contributed by atoms with Crippen LogP contribution >= 0.6 is 11.3 Å². The van der Waals surface area contributed by atoms with Crippen molar-refractivity contribution in [3.63, 3.8) is 0 Å². The highest BCUT2D eigenvalue weighted by atomic mass is 32.2. The number of carboxylic acids is 1. The monoisotopic (exact) mass is 629 g/mol. The van der Waals surface area contributed by atoms with Crippen LogP contribution in [0.4, 0.5) is 18.0 Å². The first kappa shape index (κ1) is 30.0. The van der Waals surface area contributed by atoms with E-state index in [2.05, 4.69) is 14.4 Å². The number of hydrogen-bond acceptors (Lipinski definition) is 9. The SMILES string of the molecule is O=C(OCCCc1ccccc1C1CC1(NS(=O)(=O)c1ccc(-c2cc(C(F)(F)F)on2)s1)C(=O)O)N1CCCC1O. The first-order chi connectivity index (χ1) is 19.8. The molecule has 11 nitrogen and oxygen atoms in total. The van der Waals surface area contributed by atoms with Gasteiger partial charge in [-0.25, -0.2) is 13.2 Å². The van der Waals surface area contributed by atoms with Crippen molar-refractivity contribution in [2.24, 2.45) is 0 Å². The molecule has 5 rings (SSSR count). The molecule has 3 unspecified atom stereocenters. The van der Waals surface area contributed by atoms with Gasteiger partial charge in [0.25, 0.3) is 10.0 Å². The number of ether oxygens (including phenoxy) is 1. The van der Waals surface area contributed by atoms with Crippen LogP contribution in [0.25, 0.3) is 10.6 Å². The number of likely N-dealkylation sites (tertiary alicyclic amines) is 1. The summed E-state index contributed by atoms with van der Waals surface area (Å²) in [5.41, 5.74) is -0.623. The standard InChI is InChI=1S/C26H26F3N3O8S2/c27-26(28,29)20-13-18(30-40-20)19-9-10-22(41-19)42(37,38)31-25(23(34)35)14-17(25)16-7-2-1-5-15(16)6-4-12-39-24(36)32-11-3-8-21(32)33/h1-2,5,7,9-10,13,17,21,31,33H,3-4,6,8,11-12,14H2,(H,34,35). The third-order valence-corrected chi connectivity index (χ3v) is 10.4. The van der Waals surface area contributed by atoms with Crippen LogP contribution in [0, 0.1) is 0 Å². The van der Waals surface area contributed by atoms with Gasteiger partial charge in [0.2, 0.25) is 5.76 Å². The molecule has 1 amide bonds. The van der Waals surface area contributed by atoms with Crippen molar-refractivity contribution in [1.29, 1.82) is 0 Å². The van der Waals surface area contributed by atoms with Gasteiger partial charge in [-0.2, -0.15) is 17.9 Å². The number of hydrogen-bond donors (Lipinski definition) is 3. The molecule has 3 aromatic rings. The number of aliphatic carboxylic acids is 1. The average molecular weight is 630 g/mol. The number of aryl methyl sites for hydroxylation is 1. The summed E-state index contributed by atoms with van der Waals surface area (Å²) in [7, 11) is -4.38. The van der Waals surface area contributed by atoms with E-state index >= 15 is 0 Å². The number of nitrogens with one attached hydrogen (secondary N) is 1. The molecule has 3 atom stereocenters. The van der Waals surface area contributed by atoms with Crippen molar-refractivity contribution < 1.29 is 50.7 Å². The molecule has 2 fully saturated rings. The predicted molar refractivity (Wildman–Crippen MR) is 141 cm³/mol. The van der Waals surface area contributed by atoms with E-state index < -0.39 is 51.7 Å². The zero-order valence-electron chi connectivity index (χ0n) is 21.8. The first-order valence-corrected chi connectivity index (χ1v) is 15.2. The maximum absolute atomic E-state index is 13.2. The minimum Gasteiger partial charge on any atom is -0.480 e. The minimum absolute atomic E-state index is 0.0170. The largest absolute Gasteiger partial charge is 0.480 e. The van der Waals surface area contributed by atoms with Crippen LogP contribution in [0.5, 0.6) is 0 Å². The maximum Gasteiger partial charge on any atom is 0.452 e. The molecule has 2 aromatic heterocycles. The molecule has 2 aliphatic rings. The minimum atomic E-state index is -4.76. The summed E-state index contributed by atoms with van der Waals surface area (Å²) in [4.78, 5) is 25.9. The van der Waals surface area contributed by atoms with Gasteiger partial charge in [0.15, 0.2) is 0 Å². The van der Waals surface area contributed by atoms with E-state index in [-0.39, 0.29) is 27.8 Å². The quantitative estimate of drug-likeness (QED) is 0.280. The van der Waals surface area contributed by atoms with E-state index in [1.165, 1.54) is 11.0 Å². The van der Waals surface area contributed by atoms with E-state index in [0.29, 0.717) is 55.2 Å². The van der Waals surface area contributed by atoms with Crippen LogP contribution in [-0.2, 0) is 32.2 Å². The Kier molecular flexibility index (Phi) is 8.08. The molecular weight excluding hydrogens is 603 g/mol. The van der Waals surface area contributed by atoms with Gasteiger partial charge in [-0.15, -0.1) is 11.3 Å². The molecule has 0 bridgehead atoms. The second-order valence-electron chi connectivity index (χ2n) is 10.1. The highest BCUT2D eigenvalue weighted by Crippen LogP contribution is 2.53. The summed E-state index contributed by atoms with van der Waals surface area (Å²) in [5, 5.41) is 23.2. The second-order valence-corrected chi connectivity index (χ2v) is 13.1. The lowest BCUT2D eigenvalue weighted by atomic mass is 9.97. The first-order valence-electron chi connectivity index (χ1n) is 12.9. The number of aliphatic hydroxyl groups is 1. The number of alkyl halides is 3. The van der Waals surface area contributed by atoms with E-state index in [0.717, 1.165) is 11.6 Å². The molecule has 42 heavy (non-hydrogen) atoms. The summed E-state index contributed by atoms with van der Waals surface area (Å²) < 4.78 is 76.6. The third-order valence-electron chi connectivity index (χ3n) is 7.25. The van der Waals surface area contributed by atoms with Crippen molar-refractivity contribution in [1.82, 2.24) is 14.8 Å². The molecule has 226 valence electrons. The summed E-state index contributed by atoms with van der Waals surface area (Å²) in [5.74, 6) is -3.39. The van der Waals surface area contributed by atoms with Crippen LogP contribution in [-0.4, -0.2) is 65.7 Å². The smallest absolute Gasteiger partial charge is 0.452 e. The number of carboxylic acid groups (broad SMARTS) is 1. The second kappa shape index (κ2) is 11.3. The molecule has 3 heterocycles. The van der Waals surface area contributed by atoms with Crippen LogP contribution < -0.4 is 4.72 Å². The van der Waals surface area contributed by atoms with Gasteiger partial charge in [0.05, 0.1) is 11.5 Å². The Morgan fingerprint density at radius 2 is 2.00 bits per heavy atom. The Hall–Kier alpha value is -3.47. The maximum atomic E-state index is 13.2. The van der Waals surface area contributed by atoms with Gasteiger partial charge >= 0.3 is 18.2 Å². The molecule has 1 aromatic carbocycles. The van der Waals surface area contributed by atoms with Gasteiger partial charge in [0.1, 0.15) is 21.7 Å². The number of nitrogens with zero attached hydrogens (tertiary/aromatic N) is 2. The fraction of sp³-hybridized carbons (Fsp3) is 0.423. The van der Waals surface area contributed by atoms with Gasteiger partial charge in [-0.1, -0.05) is 29.4 Å². The number of thiophene rings is 1. The predicted octanol–water partition coefficient (Wildman–Crippen LogP) is 4.19. The Balaban J connectivity index is 1.26. The molecule has 1 aliphatic carbocycles. The fourth-order valence-electron chi connectivity index (χ4n) is 5.02. The van der Waals surface area contributed by atoms with Gasteiger partial charge in [-0.3, -0.25) is 9.69 Å². The lowest BCUT2D eigenvalue weighted by Crippen LogP contribution is -2.44. The molecule has 1 saturated heterocycles. The number of carbonyl (C=O) groups excluding carboxylic acids is 1.